The molecule has 0 aliphatic carbocycles. The second kappa shape index (κ2) is 8.66. The van der Waals surface area contributed by atoms with E-state index < -0.39 is 17.8 Å². The highest BCUT2D eigenvalue weighted by Crippen LogP contribution is 2.29. The maximum absolute atomic E-state index is 12.7. The molecule has 166 valence electrons. The van der Waals surface area contributed by atoms with Gasteiger partial charge in [0.15, 0.2) is 5.82 Å². The van der Waals surface area contributed by atoms with E-state index in [9.17, 15) is 22.8 Å². The molecule has 4 rings (SSSR count). The van der Waals surface area contributed by atoms with Crippen molar-refractivity contribution >= 4 is 11.8 Å². The maximum atomic E-state index is 12.7. The summed E-state index contributed by atoms with van der Waals surface area (Å²) in [5.74, 6) is 1.10. The summed E-state index contributed by atoms with van der Waals surface area (Å²) in [7, 11) is 0. The predicted molar refractivity (Wildman–Crippen MR) is 103 cm³/mol. The van der Waals surface area contributed by atoms with Gasteiger partial charge in [-0.3, -0.25) is 14.5 Å². The van der Waals surface area contributed by atoms with E-state index in [2.05, 4.69) is 25.7 Å². The molecule has 8 nitrogen and oxygen atoms in total. The summed E-state index contributed by atoms with van der Waals surface area (Å²) < 4.78 is 40.2. The van der Waals surface area contributed by atoms with E-state index in [0.29, 0.717) is 51.3 Å². The van der Waals surface area contributed by atoms with E-state index in [4.69, 9.17) is 0 Å². The summed E-state index contributed by atoms with van der Waals surface area (Å²) in [4.78, 5) is 25.6. The number of hydrogen-bond acceptors (Lipinski definition) is 5. The first-order valence-corrected chi connectivity index (χ1v) is 10.2. The summed E-state index contributed by atoms with van der Waals surface area (Å²) in [6, 6.07) is 4.73. The third-order valence-electron chi connectivity index (χ3n) is 5.62. The van der Waals surface area contributed by atoms with Crippen LogP contribution in [0.25, 0.3) is 0 Å². The monoisotopic (exact) mass is 436 g/mol. The lowest BCUT2D eigenvalue weighted by Crippen LogP contribution is -2.41. The minimum atomic E-state index is -4.33. The Hall–Kier alpha value is -2.95. The number of benzene rings is 1. The molecule has 1 fully saturated rings. The third kappa shape index (κ3) is 5.04. The van der Waals surface area contributed by atoms with Crippen molar-refractivity contribution < 1.29 is 22.8 Å². The summed E-state index contributed by atoms with van der Waals surface area (Å²) in [6.45, 7) is 2.78. The first-order chi connectivity index (χ1) is 14.8. The van der Waals surface area contributed by atoms with Gasteiger partial charge in [-0.1, -0.05) is 12.1 Å². The first kappa shape index (κ1) is 21.3. The minimum absolute atomic E-state index is 0.121. The van der Waals surface area contributed by atoms with Gasteiger partial charge in [0.1, 0.15) is 11.9 Å². The molecule has 2 aliphatic heterocycles. The van der Waals surface area contributed by atoms with Gasteiger partial charge in [0.25, 0.3) is 0 Å². The lowest BCUT2D eigenvalue weighted by molar-refractivity contribution is -0.137. The van der Waals surface area contributed by atoms with Gasteiger partial charge < -0.3 is 15.2 Å². The highest BCUT2D eigenvalue weighted by Gasteiger charge is 2.30. The summed E-state index contributed by atoms with van der Waals surface area (Å²) in [6.07, 6.45) is -2.84. The normalized spacial score (nSPS) is 19.6. The minimum Gasteiger partial charge on any atom is -0.347 e. The van der Waals surface area contributed by atoms with Crippen LogP contribution in [0, 0.1) is 0 Å². The van der Waals surface area contributed by atoms with Gasteiger partial charge in [-0.2, -0.15) is 13.2 Å². The Kier molecular flexibility index (Phi) is 5.94. The zero-order valence-corrected chi connectivity index (χ0v) is 16.8. The van der Waals surface area contributed by atoms with Gasteiger partial charge in [0.05, 0.1) is 12.1 Å². The van der Waals surface area contributed by atoms with E-state index >= 15 is 0 Å². The molecule has 0 saturated carbocycles. The lowest BCUT2D eigenvalue weighted by Gasteiger charge is -2.20. The fraction of sp³-hybridized carbons (Fsp3) is 0.500. The molecule has 1 aromatic carbocycles. The standard InChI is InChI=1S/C20H23F3N6O2/c21-20(22,23)14-3-1-13(2-4-14)12-28-8-7-16-26-27-17(29(16)10-9-28)11-24-19(31)15-5-6-18(30)25-15/h1-4,15H,5-12H2,(H,24,31)(H,25,30). The van der Waals surface area contributed by atoms with Crippen molar-refractivity contribution in [3.05, 3.63) is 47.0 Å². The Morgan fingerprint density at radius 2 is 1.90 bits per heavy atom. The molecule has 2 aromatic rings. The molecule has 1 atom stereocenters. The number of carbonyl (C=O) groups excluding carboxylic acids is 2. The number of halogens is 3. The molecule has 3 heterocycles. The van der Waals surface area contributed by atoms with Crippen molar-refractivity contribution in [3.63, 3.8) is 0 Å². The second-order valence-electron chi connectivity index (χ2n) is 7.78. The van der Waals surface area contributed by atoms with Crippen molar-refractivity contribution in [2.24, 2.45) is 0 Å². The van der Waals surface area contributed by atoms with E-state index in [1.807, 2.05) is 4.57 Å². The molecule has 0 spiro atoms. The molecule has 1 aromatic heterocycles. The van der Waals surface area contributed by atoms with Gasteiger partial charge in [-0.15, -0.1) is 10.2 Å². The second-order valence-corrected chi connectivity index (χ2v) is 7.78. The average molecular weight is 436 g/mol. The molecular formula is C20H23F3N6O2. The topological polar surface area (TPSA) is 92.1 Å². The van der Waals surface area contributed by atoms with Crippen LogP contribution in [0.4, 0.5) is 13.2 Å². The Morgan fingerprint density at radius 1 is 1.13 bits per heavy atom. The van der Waals surface area contributed by atoms with Gasteiger partial charge in [0.2, 0.25) is 11.8 Å². The van der Waals surface area contributed by atoms with E-state index in [-0.39, 0.29) is 18.4 Å². The third-order valence-corrected chi connectivity index (χ3v) is 5.62. The number of hydrogen-bond donors (Lipinski definition) is 2. The van der Waals surface area contributed by atoms with Crippen LogP contribution in [0.1, 0.15) is 35.6 Å². The molecule has 2 amide bonds. The van der Waals surface area contributed by atoms with Crippen molar-refractivity contribution in [2.45, 2.75) is 51.1 Å². The molecule has 1 saturated heterocycles. The van der Waals surface area contributed by atoms with Crippen LogP contribution in [-0.4, -0.2) is 50.6 Å². The van der Waals surface area contributed by atoms with Crippen LogP contribution in [0.2, 0.25) is 0 Å². The Labute approximate surface area is 176 Å². The van der Waals surface area contributed by atoms with Crippen LogP contribution < -0.4 is 10.6 Å². The van der Waals surface area contributed by atoms with Gasteiger partial charge in [-0.05, 0) is 24.1 Å². The highest BCUT2D eigenvalue weighted by molar-refractivity contribution is 5.90. The van der Waals surface area contributed by atoms with Crippen molar-refractivity contribution in [1.29, 1.82) is 0 Å². The van der Waals surface area contributed by atoms with Gasteiger partial charge in [0, 0.05) is 39.0 Å². The summed E-state index contributed by atoms with van der Waals surface area (Å²) in [5, 5.41) is 13.8. The number of nitrogens with one attached hydrogen (secondary N) is 2. The van der Waals surface area contributed by atoms with E-state index in [1.54, 1.807) is 0 Å². The SMILES string of the molecule is O=C1CCC(C(=O)NCc2nnc3n2CCN(Cc2ccc(C(F)(F)F)cc2)CC3)N1. The Morgan fingerprint density at radius 3 is 2.58 bits per heavy atom. The van der Waals surface area contributed by atoms with E-state index in [1.165, 1.54) is 12.1 Å². The smallest absolute Gasteiger partial charge is 0.347 e. The van der Waals surface area contributed by atoms with Crippen molar-refractivity contribution in [3.8, 4) is 0 Å². The number of rotatable bonds is 5. The van der Waals surface area contributed by atoms with E-state index in [0.717, 1.165) is 23.5 Å². The molecule has 11 heteroatoms. The Balaban J connectivity index is 1.32. The number of fused-ring (bicyclic) bond motifs is 1. The zero-order chi connectivity index (χ0) is 22.0. The van der Waals surface area contributed by atoms with Crippen LogP contribution in [-0.2, 0) is 41.8 Å². The molecular weight excluding hydrogens is 413 g/mol. The molecule has 31 heavy (non-hydrogen) atoms. The summed E-state index contributed by atoms with van der Waals surface area (Å²) in [5.41, 5.74) is 0.166. The first-order valence-electron chi connectivity index (χ1n) is 10.2. The fourth-order valence-corrected chi connectivity index (χ4v) is 3.87. The largest absolute Gasteiger partial charge is 0.416 e. The van der Waals surface area contributed by atoms with Gasteiger partial charge >= 0.3 is 6.18 Å². The van der Waals surface area contributed by atoms with Gasteiger partial charge in [-0.25, -0.2) is 0 Å². The average Bonchev–Trinajstić information content (AvgIpc) is 3.28. The van der Waals surface area contributed by atoms with Crippen LogP contribution in [0.3, 0.4) is 0 Å². The molecule has 1 unspecified atom stereocenters. The number of alkyl halides is 3. The summed E-state index contributed by atoms with van der Waals surface area (Å²) >= 11 is 0. The highest BCUT2D eigenvalue weighted by atomic mass is 19.4. The maximum Gasteiger partial charge on any atom is 0.416 e. The lowest BCUT2D eigenvalue weighted by atomic mass is 10.1. The number of aromatic nitrogens is 3. The zero-order valence-electron chi connectivity index (χ0n) is 16.8. The molecule has 2 aliphatic rings. The fourth-order valence-electron chi connectivity index (χ4n) is 3.87. The van der Waals surface area contributed by atoms with Crippen molar-refractivity contribution in [2.75, 3.05) is 13.1 Å². The van der Waals surface area contributed by atoms with Crippen LogP contribution in [0.5, 0.6) is 0 Å². The molecule has 0 radical (unpaired) electrons. The van der Waals surface area contributed by atoms with Crippen molar-refractivity contribution in [1.82, 2.24) is 30.3 Å². The number of amides is 2. The quantitative estimate of drug-likeness (QED) is 0.736. The molecule has 0 bridgehead atoms. The van der Waals surface area contributed by atoms with Crippen LogP contribution in [0.15, 0.2) is 24.3 Å². The number of nitrogens with zero attached hydrogens (tertiary/aromatic N) is 4. The predicted octanol–water partition coefficient (Wildman–Crippen LogP) is 1.25. The number of carbonyl (C=O) groups is 2. The molecule has 2 N–H and O–H groups in total. The Bertz CT molecular complexity index is 957. The van der Waals surface area contributed by atoms with Crippen LogP contribution >= 0.6 is 0 Å².